The van der Waals surface area contributed by atoms with Crippen LogP contribution < -0.4 is 0 Å². The van der Waals surface area contributed by atoms with Crippen LogP contribution in [0.25, 0.3) is 6.08 Å². The maximum atomic E-state index is 12.3. The van der Waals surface area contributed by atoms with E-state index in [0.29, 0.717) is 5.92 Å². The number of amides is 1. The van der Waals surface area contributed by atoms with Gasteiger partial charge in [0.05, 0.1) is 4.92 Å². The fourth-order valence-corrected chi connectivity index (χ4v) is 3.79. The van der Waals surface area contributed by atoms with Gasteiger partial charge in [-0.25, -0.2) is 0 Å². The molecule has 0 N–H and O–H groups in total. The van der Waals surface area contributed by atoms with Gasteiger partial charge in [-0.1, -0.05) is 6.07 Å². The Morgan fingerprint density at radius 1 is 1.21 bits per heavy atom. The number of nitro groups is 1. The molecule has 1 aliphatic rings. The topological polar surface area (TPSA) is 63.4 Å². The lowest BCUT2D eigenvalue weighted by molar-refractivity contribution is -0.384. The van der Waals surface area contributed by atoms with E-state index in [4.69, 9.17) is 0 Å². The third kappa shape index (κ3) is 3.89. The lowest BCUT2D eigenvalue weighted by Gasteiger charge is -2.30. The first-order chi connectivity index (χ1) is 11.6. The van der Waals surface area contributed by atoms with Crippen molar-refractivity contribution in [3.63, 3.8) is 0 Å². The van der Waals surface area contributed by atoms with Gasteiger partial charge in [0.25, 0.3) is 5.69 Å². The fraction of sp³-hybridized carbons (Fsp3) is 0.278. The van der Waals surface area contributed by atoms with E-state index < -0.39 is 4.92 Å². The number of nitro benzene ring substituents is 1. The van der Waals surface area contributed by atoms with Crippen molar-refractivity contribution < 1.29 is 9.72 Å². The Morgan fingerprint density at radius 3 is 2.50 bits per heavy atom. The summed E-state index contributed by atoms with van der Waals surface area (Å²) in [7, 11) is 0. The van der Waals surface area contributed by atoms with Gasteiger partial charge in [0.2, 0.25) is 5.91 Å². The number of carbonyl (C=O) groups excluding carboxylic acids is 1. The van der Waals surface area contributed by atoms with Gasteiger partial charge in [0.1, 0.15) is 0 Å². The number of nitrogens with zero attached hydrogens (tertiary/aromatic N) is 2. The second-order valence-electron chi connectivity index (χ2n) is 5.80. The van der Waals surface area contributed by atoms with Crippen molar-refractivity contribution >= 4 is 29.0 Å². The van der Waals surface area contributed by atoms with Crippen LogP contribution in [0.2, 0.25) is 0 Å². The smallest absolute Gasteiger partial charge is 0.269 e. The number of benzene rings is 1. The van der Waals surface area contributed by atoms with Gasteiger partial charge in [0, 0.05) is 36.2 Å². The highest BCUT2D eigenvalue weighted by Gasteiger charge is 2.23. The second-order valence-corrected chi connectivity index (χ2v) is 6.78. The Bertz CT molecular complexity index is 730. The standard InChI is InChI=1S/C18H18N2O3S/c21-18(8-5-14-3-6-16(7-4-14)20(22)23)19-11-9-15(10-12-19)17-2-1-13-24-17/h1-8,13,15H,9-12H2/b8-5+. The number of hydrogen-bond donors (Lipinski definition) is 0. The number of likely N-dealkylation sites (tertiary alicyclic amines) is 1. The first kappa shape index (κ1) is 16.4. The van der Waals surface area contributed by atoms with Gasteiger partial charge < -0.3 is 4.90 Å². The first-order valence-electron chi connectivity index (χ1n) is 7.88. The van der Waals surface area contributed by atoms with Crippen LogP contribution in [0.1, 0.15) is 29.2 Å². The molecule has 5 nitrogen and oxygen atoms in total. The number of piperidine rings is 1. The number of non-ortho nitro benzene ring substituents is 1. The molecule has 0 spiro atoms. The predicted octanol–water partition coefficient (Wildman–Crippen LogP) is 4.08. The average Bonchev–Trinajstić information content (AvgIpc) is 3.15. The van der Waals surface area contributed by atoms with Crippen molar-refractivity contribution in [1.29, 1.82) is 0 Å². The van der Waals surface area contributed by atoms with Crippen LogP contribution in [-0.4, -0.2) is 28.8 Å². The molecule has 1 aromatic carbocycles. The molecule has 0 atom stereocenters. The summed E-state index contributed by atoms with van der Waals surface area (Å²) in [6.45, 7) is 1.54. The molecule has 1 fully saturated rings. The quantitative estimate of drug-likeness (QED) is 0.478. The van der Waals surface area contributed by atoms with E-state index in [1.807, 2.05) is 4.90 Å². The van der Waals surface area contributed by atoms with Crippen molar-refractivity contribution in [3.8, 4) is 0 Å². The SMILES string of the molecule is O=C(/C=C/c1ccc([N+](=O)[O-])cc1)N1CCC(c2cccs2)CC1. The second kappa shape index (κ2) is 7.40. The summed E-state index contributed by atoms with van der Waals surface area (Å²) in [5, 5.41) is 12.7. The molecule has 2 heterocycles. The van der Waals surface area contributed by atoms with Crippen LogP contribution in [0.3, 0.4) is 0 Å². The van der Waals surface area contributed by atoms with E-state index in [1.165, 1.54) is 17.0 Å². The minimum atomic E-state index is -0.434. The summed E-state index contributed by atoms with van der Waals surface area (Å²) < 4.78 is 0. The van der Waals surface area contributed by atoms with Crippen LogP contribution in [0, 0.1) is 10.1 Å². The van der Waals surface area contributed by atoms with E-state index >= 15 is 0 Å². The largest absolute Gasteiger partial charge is 0.339 e. The van der Waals surface area contributed by atoms with E-state index in [-0.39, 0.29) is 11.6 Å². The van der Waals surface area contributed by atoms with Gasteiger partial charge in [-0.05, 0) is 54.0 Å². The maximum Gasteiger partial charge on any atom is 0.269 e. The Labute approximate surface area is 144 Å². The highest BCUT2D eigenvalue weighted by Crippen LogP contribution is 2.31. The molecule has 1 aliphatic heterocycles. The highest BCUT2D eigenvalue weighted by atomic mass is 32.1. The van der Waals surface area contributed by atoms with Crippen molar-refractivity contribution in [1.82, 2.24) is 4.90 Å². The lowest BCUT2D eigenvalue weighted by Crippen LogP contribution is -2.36. The summed E-state index contributed by atoms with van der Waals surface area (Å²) in [5.41, 5.74) is 0.830. The first-order valence-corrected chi connectivity index (χ1v) is 8.76. The van der Waals surface area contributed by atoms with Crippen LogP contribution in [0.4, 0.5) is 5.69 Å². The van der Waals surface area contributed by atoms with Crippen molar-refractivity contribution in [2.75, 3.05) is 13.1 Å². The minimum Gasteiger partial charge on any atom is -0.339 e. The number of carbonyl (C=O) groups is 1. The Hall–Kier alpha value is -2.47. The summed E-state index contributed by atoms with van der Waals surface area (Å²) in [6.07, 6.45) is 5.25. The van der Waals surface area contributed by atoms with Gasteiger partial charge in [-0.15, -0.1) is 11.3 Å². The number of rotatable bonds is 4. The monoisotopic (exact) mass is 342 g/mol. The Balaban J connectivity index is 1.54. The van der Waals surface area contributed by atoms with Crippen molar-refractivity contribution in [3.05, 3.63) is 68.4 Å². The Kier molecular flexibility index (Phi) is 5.05. The molecule has 3 rings (SSSR count). The third-order valence-electron chi connectivity index (χ3n) is 4.27. The van der Waals surface area contributed by atoms with Crippen molar-refractivity contribution in [2.24, 2.45) is 0 Å². The molecular formula is C18H18N2O3S. The molecule has 2 aromatic rings. The van der Waals surface area contributed by atoms with Crippen molar-refractivity contribution in [2.45, 2.75) is 18.8 Å². The summed E-state index contributed by atoms with van der Waals surface area (Å²) in [5.74, 6) is 0.561. The summed E-state index contributed by atoms with van der Waals surface area (Å²) in [4.78, 5) is 25.7. The molecule has 0 radical (unpaired) electrons. The molecule has 1 saturated heterocycles. The molecule has 0 saturated carbocycles. The zero-order chi connectivity index (χ0) is 16.9. The highest BCUT2D eigenvalue weighted by molar-refractivity contribution is 7.10. The normalized spacial score (nSPS) is 15.8. The number of thiophene rings is 1. The van der Waals surface area contributed by atoms with E-state index in [9.17, 15) is 14.9 Å². The predicted molar refractivity (Wildman–Crippen MR) is 95.0 cm³/mol. The average molecular weight is 342 g/mol. The van der Waals surface area contributed by atoms with Crippen LogP contribution >= 0.6 is 11.3 Å². The molecule has 0 aliphatic carbocycles. The third-order valence-corrected chi connectivity index (χ3v) is 5.31. The Morgan fingerprint density at radius 2 is 1.92 bits per heavy atom. The zero-order valence-electron chi connectivity index (χ0n) is 13.1. The number of hydrogen-bond acceptors (Lipinski definition) is 4. The molecule has 6 heteroatoms. The molecule has 1 aromatic heterocycles. The maximum absolute atomic E-state index is 12.3. The molecule has 124 valence electrons. The molecule has 0 unspecified atom stereocenters. The minimum absolute atomic E-state index is 0.00187. The molecular weight excluding hydrogens is 324 g/mol. The van der Waals surface area contributed by atoms with E-state index in [1.54, 1.807) is 35.6 Å². The van der Waals surface area contributed by atoms with Crippen LogP contribution in [0.5, 0.6) is 0 Å². The van der Waals surface area contributed by atoms with E-state index in [2.05, 4.69) is 17.5 Å². The molecule has 1 amide bonds. The van der Waals surface area contributed by atoms with Gasteiger partial charge >= 0.3 is 0 Å². The van der Waals surface area contributed by atoms with Gasteiger partial charge in [-0.2, -0.15) is 0 Å². The van der Waals surface area contributed by atoms with Gasteiger partial charge in [0.15, 0.2) is 0 Å². The summed E-state index contributed by atoms with van der Waals surface area (Å²) in [6, 6.07) is 10.4. The molecule has 24 heavy (non-hydrogen) atoms. The van der Waals surface area contributed by atoms with E-state index in [0.717, 1.165) is 31.5 Å². The fourth-order valence-electron chi connectivity index (χ4n) is 2.89. The lowest BCUT2D eigenvalue weighted by atomic mass is 9.95. The van der Waals surface area contributed by atoms with Crippen LogP contribution in [0.15, 0.2) is 47.9 Å². The van der Waals surface area contributed by atoms with Crippen LogP contribution in [-0.2, 0) is 4.79 Å². The zero-order valence-corrected chi connectivity index (χ0v) is 13.9. The summed E-state index contributed by atoms with van der Waals surface area (Å²) >= 11 is 1.78. The van der Waals surface area contributed by atoms with Gasteiger partial charge in [-0.3, -0.25) is 14.9 Å². The molecule has 0 bridgehead atoms.